The lowest BCUT2D eigenvalue weighted by Gasteiger charge is -2.06. The molecule has 0 bridgehead atoms. The lowest BCUT2D eigenvalue weighted by atomic mass is 10.1. The first-order chi connectivity index (χ1) is 16.6. The molecular weight excluding hydrogens is 428 g/mol. The minimum atomic E-state index is -0.580. The fourth-order valence-electron chi connectivity index (χ4n) is 4.61. The zero-order chi connectivity index (χ0) is 23.2. The summed E-state index contributed by atoms with van der Waals surface area (Å²) in [4.78, 5) is 12.2. The number of nitrogens with zero attached hydrogens (tertiary/aromatic N) is 2. The maximum atomic E-state index is 12.2. The van der Waals surface area contributed by atoms with Crippen LogP contribution in [0.4, 0.5) is 0 Å². The molecule has 0 aliphatic rings. The van der Waals surface area contributed by atoms with Crippen LogP contribution in [0.25, 0.3) is 32.8 Å². The molecule has 6 heteroatoms. The molecule has 166 valence electrons. The highest BCUT2D eigenvalue weighted by molar-refractivity contribution is 5.87. The van der Waals surface area contributed by atoms with E-state index in [2.05, 4.69) is 45.5 Å². The van der Waals surface area contributed by atoms with E-state index in [1.54, 1.807) is 6.07 Å². The molecule has 2 N–H and O–H groups in total. The average Bonchev–Trinajstić information content (AvgIpc) is 3.18. The molecule has 34 heavy (non-hydrogen) atoms. The minimum absolute atomic E-state index is 0.0111. The van der Waals surface area contributed by atoms with Gasteiger partial charge >= 0.3 is 5.63 Å². The van der Waals surface area contributed by atoms with Gasteiger partial charge in [0.05, 0.1) is 0 Å². The number of benzene rings is 4. The Kier molecular flexibility index (Phi) is 4.59. The number of aromatic hydroxyl groups is 2. The first kappa shape index (κ1) is 20.1. The predicted molar refractivity (Wildman–Crippen MR) is 130 cm³/mol. The van der Waals surface area contributed by atoms with Gasteiger partial charge in [0, 0.05) is 17.0 Å². The van der Waals surface area contributed by atoms with Crippen LogP contribution >= 0.6 is 0 Å². The summed E-state index contributed by atoms with van der Waals surface area (Å²) in [5.74, 6) is -0.757. The molecule has 0 radical (unpaired) electrons. The van der Waals surface area contributed by atoms with Crippen molar-refractivity contribution >= 4 is 32.8 Å². The number of fused-ring (bicyclic) bond motifs is 3. The van der Waals surface area contributed by atoms with Gasteiger partial charge in [-0.1, -0.05) is 48.5 Å². The maximum Gasteiger partial charge on any atom is 0.336 e. The topological polar surface area (TPSA) is 79.5 Å². The van der Waals surface area contributed by atoms with Crippen LogP contribution in [0.5, 0.6) is 11.5 Å². The van der Waals surface area contributed by atoms with Crippen molar-refractivity contribution in [1.82, 2.24) is 4.57 Å². The predicted octanol–water partition coefficient (Wildman–Crippen LogP) is 4.70. The number of aromatic nitrogens is 2. The molecule has 2 aromatic heterocycles. The summed E-state index contributed by atoms with van der Waals surface area (Å²) in [5, 5.41) is 23.0. The first-order valence-corrected chi connectivity index (χ1v) is 11.0. The summed E-state index contributed by atoms with van der Waals surface area (Å²) >= 11 is 0. The zero-order valence-electron chi connectivity index (χ0n) is 18.2. The molecule has 2 heterocycles. The maximum absolute atomic E-state index is 12.2. The zero-order valence-corrected chi connectivity index (χ0v) is 18.2. The number of rotatable bonds is 4. The Bertz CT molecular complexity index is 1760. The molecule has 0 amide bonds. The highest BCUT2D eigenvalue weighted by Gasteiger charge is 2.19. The quantitative estimate of drug-likeness (QED) is 0.232. The number of phenolic OH excluding ortho intramolecular Hbond substituents is 2. The molecule has 0 saturated heterocycles. The van der Waals surface area contributed by atoms with Crippen molar-refractivity contribution in [2.24, 2.45) is 0 Å². The summed E-state index contributed by atoms with van der Waals surface area (Å²) in [5.41, 5.74) is 3.39. The molecule has 0 spiro atoms. The van der Waals surface area contributed by atoms with Gasteiger partial charge < -0.3 is 14.6 Å². The highest BCUT2D eigenvalue weighted by atomic mass is 16.4. The average molecular weight is 449 g/mol. The molecule has 0 aliphatic heterocycles. The van der Waals surface area contributed by atoms with Crippen LogP contribution < -0.4 is 10.2 Å². The fourth-order valence-corrected chi connectivity index (χ4v) is 4.61. The van der Waals surface area contributed by atoms with Crippen LogP contribution in [-0.4, -0.2) is 14.8 Å². The van der Waals surface area contributed by atoms with Gasteiger partial charge in [-0.25, -0.2) is 13.9 Å². The van der Waals surface area contributed by atoms with Gasteiger partial charge in [0.15, 0.2) is 22.4 Å². The Morgan fingerprint density at radius 3 is 2.53 bits per heavy atom. The van der Waals surface area contributed by atoms with Crippen LogP contribution in [-0.2, 0) is 13.1 Å². The summed E-state index contributed by atoms with van der Waals surface area (Å²) < 4.78 is 9.45. The van der Waals surface area contributed by atoms with Crippen molar-refractivity contribution in [2.45, 2.75) is 13.1 Å². The Morgan fingerprint density at radius 1 is 0.853 bits per heavy atom. The molecular formula is C28H21N2O4+. The Balaban J connectivity index is 1.44. The van der Waals surface area contributed by atoms with Crippen LogP contribution in [0.1, 0.15) is 11.1 Å². The number of phenols is 2. The SMILES string of the molecule is O=c1cc(Cn2c[n+](Cc3ccc4ccccc4c3)c3ccccc32)c2ccc(O)c(O)c2o1. The van der Waals surface area contributed by atoms with E-state index in [0.717, 1.165) is 11.0 Å². The Labute approximate surface area is 194 Å². The first-order valence-electron chi connectivity index (χ1n) is 11.0. The summed E-state index contributed by atoms with van der Waals surface area (Å²) in [6, 6.07) is 27.4. The second-order valence-corrected chi connectivity index (χ2v) is 8.44. The van der Waals surface area contributed by atoms with E-state index in [-0.39, 0.29) is 11.3 Å². The third-order valence-corrected chi connectivity index (χ3v) is 6.24. The van der Waals surface area contributed by atoms with E-state index < -0.39 is 11.4 Å². The number of hydrogen-bond donors (Lipinski definition) is 2. The lowest BCUT2D eigenvalue weighted by molar-refractivity contribution is -0.663. The fraction of sp³-hybridized carbons (Fsp3) is 0.0714. The van der Waals surface area contributed by atoms with Crippen LogP contribution in [0.3, 0.4) is 0 Å². The van der Waals surface area contributed by atoms with E-state index >= 15 is 0 Å². The van der Waals surface area contributed by atoms with Crippen molar-refractivity contribution in [2.75, 3.05) is 0 Å². The lowest BCUT2D eigenvalue weighted by Crippen LogP contribution is -2.32. The summed E-state index contributed by atoms with van der Waals surface area (Å²) in [6.45, 7) is 1.10. The van der Waals surface area contributed by atoms with Crippen molar-refractivity contribution in [3.8, 4) is 11.5 Å². The van der Waals surface area contributed by atoms with Crippen LogP contribution in [0.2, 0.25) is 0 Å². The van der Waals surface area contributed by atoms with Gasteiger partial charge in [0.2, 0.25) is 12.1 Å². The highest BCUT2D eigenvalue weighted by Crippen LogP contribution is 2.34. The Hall–Kier alpha value is -4.58. The molecule has 0 unspecified atom stereocenters. The molecule has 4 aromatic carbocycles. The van der Waals surface area contributed by atoms with Gasteiger partial charge in [-0.2, -0.15) is 0 Å². The summed E-state index contributed by atoms with van der Waals surface area (Å²) in [7, 11) is 0. The molecule has 0 aliphatic carbocycles. The second kappa shape index (κ2) is 7.78. The number of para-hydroxylation sites is 2. The monoisotopic (exact) mass is 449 g/mol. The van der Waals surface area contributed by atoms with Crippen molar-refractivity contribution in [1.29, 1.82) is 0 Å². The minimum Gasteiger partial charge on any atom is -0.504 e. The standard InChI is InChI=1S/C28H20N2O4/c31-25-12-11-22-21(14-26(32)34-28(22)27(25)33)16-30-17-29(23-7-3-4-8-24(23)30)15-18-9-10-19-5-1-2-6-20(19)13-18/h1-14,17H,15-16H2,(H-,31,32,33)/p+1. The van der Waals surface area contributed by atoms with E-state index in [0.29, 0.717) is 24.0 Å². The van der Waals surface area contributed by atoms with Gasteiger partial charge in [-0.05, 0) is 46.7 Å². The normalized spacial score (nSPS) is 11.5. The Morgan fingerprint density at radius 2 is 1.65 bits per heavy atom. The van der Waals surface area contributed by atoms with Crippen molar-refractivity contribution in [3.63, 3.8) is 0 Å². The molecule has 6 aromatic rings. The van der Waals surface area contributed by atoms with Crippen LogP contribution in [0, 0.1) is 0 Å². The van der Waals surface area contributed by atoms with E-state index in [4.69, 9.17) is 4.42 Å². The molecule has 6 nitrogen and oxygen atoms in total. The molecule has 0 atom stereocenters. The largest absolute Gasteiger partial charge is 0.504 e. The smallest absolute Gasteiger partial charge is 0.336 e. The molecule has 0 saturated carbocycles. The van der Waals surface area contributed by atoms with Gasteiger partial charge in [0.25, 0.3) is 0 Å². The van der Waals surface area contributed by atoms with Gasteiger partial charge in [-0.15, -0.1) is 0 Å². The van der Waals surface area contributed by atoms with Crippen molar-refractivity contribution < 1.29 is 19.2 Å². The third-order valence-electron chi connectivity index (χ3n) is 6.24. The third kappa shape index (κ3) is 3.36. The van der Waals surface area contributed by atoms with E-state index in [1.807, 2.05) is 36.7 Å². The van der Waals surface area contributed by atoms with Gasteiger partial charge in [0.1, 0.15) is 13.1 Å². The number of hydrogen-bond acceptors (Lipinski definition) is 4. The summed E-state index contributed by atoms with van der Waals surface area (Å²) in [6.07, 6.45) is 2.04. The molecule has 6 rings (SSSR count). The number of imidazole rings is 1. The van der Waals surface area contributed by atoms with Crippen molar-refractivity contribution in [3.05, 3.63) is 113 Å². The van der Waals surface area contributed by atoms with Crippen LogP contribution in [0.15, 0.2) is 100 Å². The molecule has 0 fully saturated rings. The van der Waals surface area contributed by atoms with E-state index in [1.165, 1.54) is 28.5 Å². The van der Waals surface area contributed by atoms with Gasteiger partial charge in [-0.3, -0.25) is 0 Å². The van der Waals surface area contributed by atoms with E-state index in [9.17, 15) is 15.0 Å². The second-order valence-electron chi connectivity index (χ2n) is 8.44.